The summed E-state index contributed by atoms with van der Waals surface area (Å²) < 4.78 is 19.0. The van der Waals surface area contributed by atoms with Gasteiger partial charge in [0.05, 0.1) is 22.9 Å². The first kappa shape index (κ1) is 27.6. The average molecular weight is 599 g/mol. The number of rotatable bonds is 5. The molecule has 7 rings (SSSR count). The summed E-state index contributed by atoms with van der Waals surface area (Å²) in [6, 6.07) is 12.7. The summed E-state index contributed by atoms with van der Waals surface area (Å²) in [5.74, 6) is 0.112. The summed E-state index contributed by atoms with van der Waals surface area (Å²) in [7, 11) is 4.09. The SMILES string of the molecule is C=CC(=O)N1C[C@H](C)[C@@H](n2cnc3c(N4CC(N(C)C)C4)nc4c(F)c(-c5cc(O)cc6ccccc56)c(Cl)cc4c32)C1. The number of aromatic hydroxyl groups is 1. The molecule has 0 spiro atoms. The Morgan fingerprint density at radius 3 is 2.63 bits per heavy atom. The fourth-order valence-electron chi connectivity index (χ4n) is 6.64. The lowest BCUT2D eigenvalue weighted by Gasteiger charge is -2.43. The molecule has 10 heteroatoms. The zero-order valence-corrected chi connectivity index (χ0v) is 25.0. The summed E-state index contributed by atoms with van der Waals surface area (Å²) >= 11 is 6.92. The predicted octanol–water partition coefficient (Wildman–Crippen LogP) is 5.86. The molecule has 1 N–H and O–H groups in total. The molecule has 2 aliphatic heterocycles. The Balaban J connectivity index is 1.48. The molecule has 2 aromatic heterocycles. The van der Waals surface area contributed by atoms with Crippen LogP contribution in [0.25, 0.3) is 43.8 Å². The maximum atomic E-state index is 16.9. The van der Waals surface area contributed by atoms with E-state index in [0.29, 0.717) is 41.4 Å². The zero-order chi connectivity index (χ0) is 30.2. The summed E-state index contributed by atoms with van der Waals surface area (Å²) in [4.78, 5) is 28.3. The summed E-state index contributed by atoms with van der Waals surface area (Å²) in [6.07, 6.45) is 3.12. The minimum Gasteiger partial charge on any atom is -0.508 e. The van der Waals surface area contributed by atoms with Crippen molar-refractivity contribution in [2.24, 2.45) is 5.92 Å². The van der Waals surface area contributed by atoms with Crippen LogP contribution in [-0.2, 0) is 4.79 Å². The van der Waals surface area contributed by atoms with Crippen molar-refractivity contribution in [1.82, 2.24) is 24.3 Å². The van der Waals surface area contributed by atoms with Crippen molar-refractivity contribution in [3.05, 3.63) is 72.3 Å². The molecule has 5 aromatic rings. The van der Waals surface area contributed by atoms with Gasteiger partial charge in [-0.2, -0.15) is 0 Å². The molecular weight excluding hydrogens is 567 g/mol. The van der Waals surface area contributed by atoms with E-state index in [9.17, 15) is 9.90 Å². The number of nitrogens with zero attached hydrogens (tertiary/aromatic N) is 6. The van der Waals surface area contributed by atoms with Gasteiger partial charge in [0.25, 0.3) is 0 Å². The second-order valence-electron chi connectivity index (χ2n) is 12.0. The number of fused-ring (bicyclic) bond motifs is 4. The van der Waals surface area contributed by atoms with Gasteiger partial charge in [-0.05, 0) is 60.6 Å². The van der Waals surface area contributed by atoms with E-state index in [2.05, 4.69) is 27.9 Å². The number of likely N-dealkylation sites (tertiary alicyclic amines) is 1. The third-order valence-electron chi connectivity index (χ3n) is 9.10. The number of aromatic nitrogens is 3. The normalized spacial score (nSPS) is 19.2. The fraction of sp³-hybridized carbons (Fsp3) is 0.303. The molecule has 2 atom stereocenters. The van der Waals surface area contributed by atoms with E-state index in [4.69, 9.17) is 21.6 Å². The highest BCUT2D eigenvalue weighted by Crippen LogP contribution is 2.44. The first-order chi connectivity index (χ1) is 20.7. The molecule has 0 bridgehead atoms. The van der Waals surface area contributed by atoms with Crippen LogP contribution in [0, 0.1) is 11.7 Å². The maximum absolute atomic E-state index is 16.9. The number of benzene rings is 3. The molecule has 0 unspecified atom stereocenters. The van der Waals surface area contributed by atoms with Crippen LogP contribution in [0.3, 0.4) is 0 Å². The lowest BCUT2D eigenvalue weighted by Crippen LogP contribution is -2.57. The number of amides is 1. The van der Waals surface area contributed by atoms with Crippen molar-refractivity contribution >= 4 is 56.0 Å². The minimum absolute atomic E-state index is 0.0237. The second kappa shape index (κ2) is 10.2. The van der Waals surface area contributed by atoms with Gasteiger partial charge in [0.1, 0.15) is 16.8 Å². The lowest BCUT2D eigenvalue weighted by molar-refractivity contribution is -0.125. The number of halogens is 2. The Morgan fingerprint density at radius 2 is 1.88 bits per heavy atom. The van der Waals surface area contributed by atoms with Gasteiger partial charge in [0.15, 0.2) is 11.6 Å². The third-order valence-corrected chi connectivity index (χ3v) is 9.39. The maximum Gasteiger partial charge on any atom is 0.246 e. The summed E-state index contributed by atoms with van der Waals surface area (Å²) in [6.45, 7) is 8.33. The molecule has 2 aliphatic rings. The van der Waals surface area contributed by atoms with E-state index >= 15 is 4.39 Å². The van der Waals surface area contributed by atoms with E-state index < -0.39 is 5.82 Å². The molecule has 2 fully saturated rings. The number of hydrogen-bond donors (Lipinski definition) is 1. The Labute approximate surface area is 253 Å². The Morgan fingerprint density at radius 1 is 1.12 bits per heavy atom. The van der Waals surface area contributed by atoms with Gasteiger partial charge in [-0.1, -0.05) is 49.4 Å². The molecule has 0 aliphatic carbocycles. The average Bonchev–Trinajstić information content (AvgIpc) is 3.56. The second-order valence-corrected chi connectivity index (χ2v) is 12.4. The van der Waals surface area contributed by atoms with Gasteiger partial charge in [0, 0.05) is 43.2 Å². The Bertz CT molecular complexity index is 1950. The van der Waals surface area contributed by atoms with Crippen molar-refractivity contribution in [3.8, 4) is 16.9 Å². The number of likely N-dealkylation sites (N-methyl/N-ethyl adjacent to an activating group) is 1. The van der Waals surface area contributed by atoms with E-state index in [0.717, 1.165) is 29.4 Å². The van der Waals surface area contributed by atoms with E-state index in [1.165, 1.54) is 6.08 Å². The highest BCUT2D eigenvalue weighted by Gasteiger charge is 2.36. The van der Waals surface area contributed by atoms with Gasteiger partial charge in [-0.15, -0.1) is 0 Å². The minimum atomic E-state index is -0.554. The third kappa shape index (κ3) is 4.33. The molecular formula is C33H32ClFN6O2. The van der Waals surface area contributed by atoms with Crippen LogP contribution in [0.1, 0.15) is 13.0 Å². The first-order valence-electron chi connectivity index (χ1n) is 14.4. The number of imidazole rings is 1. The molecule has 4 heterocycles. The molecule has 0 saturated carbocycles. The quantitative estimate of drug-likeness (QED) is 0.256. The zero-order valence-electron chi connectivity index (χ0n) is 24.3. The lowest BCUT2D eigenvalue weighted by atomic mass is 9.95. The van der Waals surface area contributed by atoms with E-state index in [1.807, 2.05) is 38.4 Å². The van der Waals surface area contributed by atoms with Crippen LogP contribution in [-0.4, -0.2) is 81.7 Å². The molecule has 220 valence electrons. The molecule has 2 saturated heterocycles. The number of carbonyl (C=O) groups excluding carboxylic acids is 1. The largest absolute Gasteiger partial charge is 0.508 e. The Kier molecular flexibility index (Phi) is 6.55. The van der Waals surface area contributed by atoms with E-state index in [-0.39, 0.29) is 39.7 Å². The Hall–Kier alpha value is -4.21. The van der Waals surface area contributed by atoms with Crippen molar-refractivity contribution in [3.63, 3.8) is 0 Å². The summed E-state index contributed by atoms with van der Waals surface area (Å²) in [5, 5.41) is 12.8. The fourth-order valence-corrected chi connectivity index (χ4v) is 6.94. The predicted molar refractivity (Wildman–Crippen MR) is 169 cm³/mol. The van der Waals surface area contributed by atoms with Crippen molar-refractivity contribution in [2.75, 3.05) is 45.2 Å². The monoisotopic (exact) mass is 598 g/mol. The van der Waals surface area contributed by atoms with Gasteiger partial charge >= 0.3 is 0 Å². The standard InChI is InChI=1S/C33H32ClFN6O2/c1-5-27(43)39-13-18(2)26(16-39)41-17-36-31-32(41)24-12-25(34)28(23-11-21(42)10-19-8-6-7-9-22(19)23)29(35)30(24)37-33(31)40-14-20(15-40)38(3)4/h5-12,17-18,20,26,42H,1,13-16H2,2-4H3/t18-,26-/m0/s1. The van der Waals surface area contributed by atoms with E-state index in [1.54, 1.807) is 29.4 Å². The topological polar surface area (TPSA) is 77.7 Å². The summed E-state index contributed by atoms with van der Waals surface area (Å²) in [5.41, 5.74) is 2.30. The number of anilines is 1. The number of hydrogen-bond acceptors (Lipinski definition) is 6. The molecule has 0 radical (unpaired) electrons. The van der Waals surface area contributed by atoms with Crippen LogP contribution < -0.4 is 4.90 Å². The van der Waals surface area contributed by atoms with Gasteiger partial charge in [-0.25, -0.2) is 14.4 Å². The van der Waals surface area contributed by atoms with Crippen LogP contribution in [0.4, 0.5) is 10.2 Å². The molecule has 1 amide bonds. The van der Waals surface area contributed by atoms with Crippen LogP contribution in [0.15, 0.2) is 61.4 Å². The highest BCUT2D eigenvalue weighted by molar-refractivity contribution is 6.35. The first-order valence-corrected chi connectivity index (χ1v) is 14.8. The van der Waals surface area contributed by atoms with Gasteiger partial charge in [0.2, 0.25) is 5.91 Å². The number of pyridine rings is 1. The number of phenolic OH excluding ortho intramolecular Hbond substituents is 1. The highest BCUT2D eigenvalue weighted by atomic mass is 35.5. The van der Waals surface area contributed by atoms with Crippen molar-refractivity contribution in [2.45, 2.75) is 19.0 Å². The number of carbonyl (C=O) groups is 1. The molecule has 8 nitrogen and oxygen atoms in total. The van der Waals surface area contributed by atoms with Crippen LogP contribution in [0.5, 0.6) is 5.75 Å². The van der Waals surface area contributed by atoms with Crippen LogP contribution >= 0.6 is 11.6 Å². The number of phenols is 1. The van der Waals surface area contributed by atoms with Crippen molar-refractivity contribution in [1.29, 1.82) is 0 Å². The van der Waals surface area contributed by atoms with Gasteiger partial charge in [-0.3, -0.25) is 4.79 Å². The van der Waals surface area contributed by atoms with Gasteiger partial charge < -0.3 is 24.4 Å². The molecule has 3 aromatic carbocycles. The molecule has 43 heavy (non-hydrogen) atoms. The smallest absolute Gasteiger partial charge is 0.246 e. The van der Waals surface area contributed by atoms with Crippen LogP contribution in [0.2, 0.25) is 5.02 Å². The van der Waals surface area contributed by atoms with Crippen molar-refractivity contribution < 1.29 is 14.3 Å².